The van der Waals surface area contributed by atoms with Crippen LogP contribution in [0.3, 0.4) is 0 Å². The van der Waals surface area contributed by atoms with E-state index in [-0.39, 0.29) is 30.2 Å². The zero-order chi connectivity index (χ0) is 36.4. The summed E-state index contributed by atoms with van der Waals surface area (Å²) in [5, 5.41) is 51.8. The summed E-state index contributed by atoms with van der Waals surface area (Å²) in [6.45, 7) is 0. The first-order valence-corrected chi connectivity index (χ1v) is 17.8. The van der Waals surface area contributed by atoms with Crippen molar-refractivity contribution in [1.29, 1.82) is 0 Å². The molecule has 14 heteroatoms. The maximum absolute atomic E-state index is 13.8. The lowest BCUT2D eigenvalue weighted by Gasteiger charge is -2.48. The summed E-state index contributed by atoms with van der Waals surface area (Å²) in [4.78, 5) is 15.3. The van der Waals surface area contributed by atoms with Crippen LogP contribution in [0.15, 0.2) is 97.1 Å². The summed E-state index contributed by atoms with van der Waals surface area (Å²) in [5.41, 5.74) is 2.51. The average molecular weight is 724 g/mol. The molecule has 0 spiro atoms. The Labute approximate surface area is 294 Å². The molecule has 0 bridgehead atoms. The highest BCUT2D eigenvalue weighted by Crippen LogP contribution is 2.49. The molecular formula is C37H38FNO11S. The number of phenolic OH excluding ortho intramolecular Hbond substituents is 1. The van der Waals surface area contributed by atoms with Gasteiger partial charge in [0.15, 0.2) is 6.29 Å². The molecule has 5 N–H and O–H groups in total. The molecule has 0 saturated carbocycles. The number of amides is 1. The number of methoxy groups -OCH3 is 1. The number of phenols is 1. The molecule has 8 atom stereocenters. The van der Waals surface area contributed by atoms with Gasteiger partial charge < -0.3 is 44.1 Å². The molecule has 2 aliphatic rings. The van der Waals surface area contributed by atoms with E-state index < -0.39 is 70.5 Å². The largest absolute Gasteiger partial charge is 0.508 e. The van der Waals surface area contributed by atoms with Crippen molar-refractivity contribution in [3.8, 4) is 22.6 Å². The van der Waals surface area contributed by atoms with E-state index in [9.17, 15) is 43.1 Å². The Morgan fingerprint density at radius 3 is 2.22 bits per heavy atom. The molecule has 4 aromatic carbocycles. The monoisotopic (exact) mass is 723 g/mol. The predicted molar refractivity (Wildman–Crippen MR) is 182 cm³/mol. The van der Waals surface area contributed by atoms with Crippen LogP contribution in [-0.4, -0.2) is 83.4 Å². The van der Waals surface area contributed by atoms with Gasteiger partial charge in [0.1, 0.15) is 47.5 Å². The number of halogens is 1. The van der Waals surface area contributed by atoms with E-state index in [0.29, 0.717) is 27.9 Å². The standard InChI is InChI=1S/C37H38FNO11S/c1-48-37-35(44)34(43)33(42)31(49-37)20-51(46,47)50-30-19-23(21-9-14-26(40)15-10-21)11-16-27(30)32-28(36(45)39(32)25-5-3-2-4-6-25)17-18-29(41)22-7-12-24(38)13-8-22/h2-16,19,28-29,31-35,37,40-44H,17-18,20H2,1H3. The zero-order valence-corrected chi connectivity index (χ0v) is 28.2. The van der Waals surface area contributed by atoms with Gasteiger partial charge in [0.05, 0.1) is 18.1 Å². The summed E-state index contributed by atoms with van der Waals surface area (Å²) < 4.78 is 57.1. The van der Waals surface area contributed by atoms with Gasteiger partial charge in [-0.05, 0) is 72.0 Å². The van der Waals surface area contributed by atoms with Crippen molar-refractivity contribution in [3.63, 3.8) is 0 Å². The lowest BCUT2D eigenvalue weighted by molar-refractivity contribution is -0.285. The van der Waals surface area contributed by atoms with Crippen LogP contribution >= 0.6 is 0 Å². The lowest BCUT2D eigenvalue weighted by Crippen LogP contribution is -2.59. The number of aromatic hydroxyl groups is 1. The molecule has 0 aromatic heterocycles. The topological polar surface area (TPSA) is 183 Å². The Morgan fingerprint density at radius 2 is 1.55 bits per heavy atom. The molecule has 2 heterocycles. The third kappa shape index (κ3) is 7.77. The van der Waals surface area contributed by atoms with Crippen molar-refractivity contribution in [3.05, 3.63) is 114 Å². The van der Waals surface area contributed by atoms with Crippen molar-refractivity contribution >= 4 is 21.7 Å². The van der Waals surface area contributed by atoms with Crippen molar-refractivity contribution < 1.29 is 56.8 Å². The van der Waals surface area contributed by atoms with Gasteiger partial charge in [-0.2, -0.15) is 8.42 Å². The minimum Gasteiger partial charge on any atom is -0.508 e. The van der Waals surface area contributed by atoms with Gasteiger partial charge in [-0.15, -0.1) is 0 Å². The first-order valence-electron chi connectivity index (χ1n) is 16.3. The fraction of sp³-hybridized carbons (Fsp3) is 0.324. The van der Waals surface area contributed by atoms with E-state index in [2.05, 4.69) is 0 Å². The van der Waals surface area contributed by atoms with Gasteiger partial charge in [0.2, 0.25) is 5.91 Å². The van der Waals surface area contributed by atoms with E-state index >= 15 is 0 Å². The van der Waals surface area contributed by atoms with E-state index in [0.717, 1.165) is 0 Å². The number of carbonyl (C=O) groups is 1. The molecule has 4 aromatic rings. The molecule has 8 unspecified atom stereocenters. The predicted octanol–water partition coefficient (Wildman–Crippen LogP) is 3.58. The number of para-hydroxylation sites is 1. The first-order chi connectivity index (χ1) is 24.4. The number of β-lactam (4-membered cyclic amide) rings is 1. The molecule has 0 aliphatic carbocycles. The molecule has 2 fully saturated rings. The lowest BCUT2D eigenvalue weighted by atomic mass is 9.77. The Bertz CT molecular complexity index is 1930. The maximum atomic E-state index is 13.8. The highest BCUT2D eigenvalue weighted by molar-refractivity contribution is 7.87. The first kappa shape index (κ1) is 36.4. The molecular weight excluding hydrogens is 685 g/mol. The number of hydrogen-bond acceptors (Lipinski definition) is 11. The second-order valence-corrected chi connectivity index (χ2v) is 14.2. The summed E-state index contributed by atoms with van der Waals surface area (Å²) in [5.74, 6) is -2.46. The SMILES string of the molecule is COC1OC(CS(=O)(=O)Oc2cc(-c3ccc(O)cc3)ccc2C2C(CCC(O)c3ccc(F)cc3)C(=O)N2c2ccccc2)C(O)C(O)C1O. The van der Waals surface area contributed by atoms with E-state index in [1.165, 1.54) is 54.5 Å². The van der Waals surface area contributed by atoms with Crippen LogP contribution in [0.2, 0.25) is 0 Å². The third-order valence-electron chi connectivity index (χ3n) is 9.27. The van der Waals surface area contributed by atoms with Gasteiger partial charge in [-0.1, -0.05) is 54.6 Å². The van der Waals surface area contributed by atoms with Crippen LogP contribution in [0.25, 0.3) is 11.1 Å². The van der Waals surface area contributed by atoms with Crippen LogP contribution in [-0.2, 0) is 24.4 Å². The molecule has 51 heavy (non-hydrogen) atoms. The number of aliphatic hydroxyl groups excluding tert-OH is 4. The molecule has 2 aliphatic heterocycles. The Balaban J connectivity index is 1.36. The van der Waals surface area contributed by atoms with Crippen LogP contribution in [0.1, 0.15) is 36.1 Å². The number of hydrogen-bond donors (Lipinski definition) is 5. The molecule has 0 radical (unpaired) electrons. The molecule has 270 valence electrons. The third-order valence-corrected chi connectivity index (χ3v) is 10.4. The quantitative estimate of drug-likeness (QED) is 0.106. The molecule has 1 amide bonds. The van der Waals surface area contributed by atoms with Crippen LogP contribution in [0, 0.1) is 11.7 Å². The zero-order valence-electron chi connectivity index (χ0n) is 27.4. The van der Waals surface area contributed by atoms with Gasteiger partial charge in [0.25, 0.3) is 0 Å². The summed E-state index contributed by atoms with van der Waals surface area (Å²) in [6, 6.07) is 24.5. The van der Waals surface area contributed by atoms with Crippen molar-refractivity contribution in [1.82, 2.24) is 0 Å². The van der Waals surface area contributed by atoms with Crippen LogP contribution in [0.5, 0.6) is 11.5 Å². The molecule has 6 rings (SSSR count). The van der Waals surface area contributed by atoms with Crippen molar-refractivity contribution in [2.75, 3.05) is 17.8 Å². The van der Waals surface area contributed by atoms with Gasteiger partial charge in [0, 0.05) is 18.4 Å². The van der Waals surface area contributed by atoms with Crippen molar-refractivity contribution in [2.45, 2.75) is 55.7 Å². The summed E-state index contributed by atoms with van der Waals surface area (Å²) >= 11 is 0. The van der Waals surface area contributed by atoms with Gasteiger partial charge in [-0.25, -0.2) is 4.39 Å². The molecule has 2 saturated heterocycles. The maximum Gasteiger partial charge on any atom is 0.311 e. The number of carbonyl (C=O) groups excluding carboxylic acids is 1. The number of rotatable bonds is 12. The van der Waals surface area contributed by atoms with Gasteiger partial charge >= 0.3 is 10.1 Å². The number of anilines is 1. The second kappa shape index (κ2) is 15.1. The number of benzene rings is 4. The normalized spacial score (nSPS) is 25.6. The van der Waals surface area contributed by atoms with E-state index in [1.54, 1.807) is 54.6 Å². The van der Waals surface area contributed by atoms with Crippen LogP contribution in [0.4, 0.5) is 10.1 Å². The van der Waals surface area contributed by atoms with E-state index in [1.807, 2.05) is 0 Å². The Kier molecular flexibility index (Phi) is 10.7. The van der Waals surface area contributed by atoms with Gasteiger partial charge in [-0.3, -0.25) is 4.79 Å². The Morgan fingerprint density at radius 1 is 0.882 bits per heavy atom. The number of aliphatic hydroxyl groups is 4. The van der Waals surface area contributed by atoms with Crippen LogP contribution < -0.4 is 9.08 Å². The summed E-state index contributed by atoms with van der Waals surface area (Å²) in [6.07, 6.45) is -8.78. The van der Waals surface area contributed by atoms with Crippen molar-refractivity contribution in [2.24, 2.45) is 5.92 Å². The minimum atomic E-state index is -4.61. The molecule has 12 nitrogen and oxygen atoms in total. The Hall–Kier alpha value is -4.41. The highest BCUT2D eigenvalue weighted by Gasteiger charge is 2.50. The number of ether oxygens (including phenoxy) is 2. The summed E-state index contributed by atoms with van der Waals surface area (Å²) in [7, 11) is -3.42. The van der Waals surface area contributed by atoms with E-state index in [4.69, 9.17) is 13.7 Å². The minimum absolute atomic E-state index is 0.0271. The number of nitrogens with zero attached hydrogens (tertiary/aromatic N) is 1. The fourth-order valence-electron chi connectivity index (χ4n) is 6.56. The smallest absolute Gasteiger partial charge is 0.311 e. The highest BCUT2D eigenvalue weighted by atomic mass is 32.2. The average Bonchev–Trinajstić information content (AvgIpc) is 3.11. The second-order valence-electron chi connectivity index (χ2n) is 12.6. The fourth-order valence-corrected chi connectivity index (χ4v) is 7.72.